The standard InChI is InChI=1S/C9H15NO2/c1-2-12-9(11)7-4-3-6-5-8(7)10-6/h6-8,10H,2-5H2,1H3/t6-,7+,8-/m1/s1. The molecule has 2 bridgehead atoms. The van der Waals surface area contributed by atoms with Crippen molar-refractivity contribution in [2.75, 3.05) is 6.61 Å². The summed E-state index contributed by atoms with van der Waals surface area (Å²) in [5.41, 5.74) is 0. The molecule has 1 N–H and O–H groups in total. The average molecular weight is 169 g/mol. The minimum absolute atomic E-state index is 0.00634. The Morgan fingerprint density at radius 1 is 1.58 bits per heavy atom. The van der Waals surface area contributed by atoms with Crippen molar-refractivity contribution in [1.82, 2.24) is 5.32 Å². The van der Waals surface area contributed by atoms with Crippen LogP contribution in [0.1, 0.15) is 26.2 Å². The van der Waals surface area contributed by atoms with Crippen LogP contribution in [0.2, 0.25) is 0 Å². The molecule has 2 heterocycles. The zero-order valence-electron chi connectivity index (χ0n) is 7.38. The zero-order valence-corrected chi connectivity index (χ0v) is 7.38. The average Bonchev–Trinajstić information content (AvgIpc) is 2.03. The van der Waals surface area contributed by atoms with E-state index in [1.165, 1.54) is 6.42 Å². The normalized spacial score (nSPS) is 38.6. The van der Waals surface area contributed by atoms with Crippen molar-refractivity contribution in [1.29, 1.82) is 0 Å². The highest BCUT2D eigenvalue weighted by atomic mass is 16.5. The molecule has 12 heavy (non-hydrogen) atoms. The Hall–Kier alpha value is -0.570. The van der Waals surface area contributed by atoms with Gasteiger partial charge in [-0.2, -0.15) is 0 Å². The number of piperidine rings is 1. The molecule has 1 saturated carbocycles. The quantitative estimate of drug-likeness (QED) is 0.618. The van der Waals surface area contributed by atoms with Crippen molar-refractivity contribution in [3.63, 3.8) is 0 Å². The Kier molecular flexibility index (Phi) is 2.05. The van der Waals surface area contributed by atoms with Crippen molar-refractivity contribution in [3.05, 3.63) is 0 Å². The third-order valence-corrected chi connectivity index (χ3v) is 2.89. The first kappa shape index (κ1) is 8.05. The molecular formula is C9H15NO2. The lowest BCUT2D eigenvalue weighted by atomic mass is 9.75. The van der Waals surface area contributed by atoms with Crippen molar-refractivity contribution < 1.29 is 9.53 Å². The number of rotatable bonds is 2. The fourth-order valence-corrected chi connectivity index (χ4v) is 2.18. The van der Waals surface area contributed by atoms with Crippen LogP contribution in [0.5, 0.6) is 0 Å². The Morgan fingerprint density at radius 2 is 2.33 bits per heavy atom. The number of carbonyl (C=O) groups is 1. The van der Waals surface area contributed by atoms with E-state index in [-0.39, 0.29) is 11.9 Å². The van der Waals surface area contributed by atoms with Gasteiger partial charge in [-0.05, 0) is 26.2 Å². The number of hydrogen-bond acceptors (Lipinski definition) is 3. The van der Waals surface area contributed by atoms with Gasteiger partial charge in [0.1, 0.15) is 0 Å². The molecule has 3 atom stereocenters. The SMILES string of the molecule is CCOC(=O)[C@H]1CC[C@@H]2C[C@H]1N2. The molecule has 3 aliphatic rings. The molecule has 0 aromatic heterocycles. The van der Waals surface area contributed by atoms with Crippen molar-refractivity contribution in [2.45, 2.75) is 38.3 Å². The van der Waals surface area contributed by atoms with Crippen LogP contribution in [0, 0.1) is 5.92 Å². The van der Waals surface area contributed by atoms with Gasteiger partial charge in [-0.1, -0.05) is 0 Å². The number of carbonyl (C=O) groups excluding carboxylic acids is 1. The molecular weight excluding hydrogens is 154 g/mol. The highest BCUT2D eigenvalue weighted by molar-refractivity contribution is 5.73. The van der Waals surface area contributed by atoms with Gasteiger partial charge in [-0.15, -0.1) is 0 Å². The third-order valence-electron chi connectivity index (χ3n) is 2.89. The van der Waals surface area contributed by atoms with Gasteiger partial charge in [-0.25, -0.2) is 0 Å². The summed E-state index contributed by atoms with van der Waals surface area (Å²) >= 11 is 0. The largest absolute Gasteiger partial charge is 0.466 e. The van der Waals surface area contributed by atoms with E-state index in [4.69, 9.17) is 4.74 Å². The monoisotopic (exact) mass is 169 g/mol. The molecule has 3 nitrogen and oxygen atoms in total. The van der Waals surface area contributed by atoms with Crippen LogP contribution in [-0.2, 0) is 9.53 Å². The number of nitrogens with one attached hydrogen (secondary N) is 1. The number of ether oxygens (including phenoxy) is 1. The van der Waals surface area contributed by atoms with Gasteiger partial charge in [0.05, 0.1) is 12.5 Å². The van der Waals surface area contributed by atoms with Crippen molar-refractivity contribution >= 4 is 5.97 Å². The van der Waals surface area contributed by atoms with E-state index >= 15 is 0 Å². The van der Waals surface area contributed by atoms with Crippen molar-refractivity contribution in [3.8, 4) is 0 Å². The highest BCUT2D eigenvalue weighted by Gasteiger charge is 2.43. The summed E-state index contributed by atoms with van der Waals surface area (Å²) in [7, 11) is 0. The lowest BCUT2D eigenvalue weighted by Gasteiger charge is -2.46. The van der Waals surface area contributed by atoms with Gasteiger partial charge in [0.2, 0.25) is 0 Å². The number of esters is 1. The highest BCUT2D eigenvalue weighted by Crippen LogP contribution is 2.33. The van der Waals surface area contributed by atoms with Crippen LogP contribution in [0.3, 0.4) is 0 Å². The molecule has 2 aliphatic heterocycles. The van der Waals surface area contributed by atoms with E-state index in [9.17, 15) is 4.79 Å². The summed E-state index contributed by atoms with van der Waals surface area (Å²) in [4.78, 5) is 11.4. The Labute approximate surface area is 72.5 Å². The van der Waals surface area contributed by atoms with Crippen LogP contribution < -0.4 is 5.32 Å². The van der Waals surface area contributed by atoms with Gasteiger partial charge in [0.25, 0.3) is 0 Å². The van der Waals surface area contributed by atoms with Gasteiger partial charge >= 0.3 is 5.97 Å². The maximum atomic E-state index is 11.4. The zero-order chi connectivity index (χ0) is 8.55. The molecule has 0 radical (unpaired) electrons. The fourth-order valence-electron chi connectivity index (χ4n) is 2.18. The summed E-state index contributed by atoms with van der Waals surface area (Å²) in [6.45, 7) is 2.36. The van der Waals surface area contributed by atoms with E-state index < -0.39 is 0 Å². The van der Waals surface area contributed by atoms with Gasteiger partial charge < -0.3 is 10.1 Å². The van der Waals surface area contributed by atoms with E-state index in [0.29, 0.717) is 18.7 Å². The second-order valence-electron chi connectivity index (χ2n) is 3.64. The van der Waals surface area contributed by atoms with Crippen LogP contribution in [-0.4, -0.2) is 24.7 Å². The van der Waals surface area contributed by atoms with Crippen molar-refractivity contribution in [2.24, 2.45) is 5.92 Å². The van der Waals surface area contributed by atoms with Crippen LogP contribution in [0.25, 0.3) is 0 Å². The van der Waals surface area contributed by atoms with E-state index in [2.05, 4.69) is 5.32 Å². The minimum atomic E-state index is -0.00634. The molecule has 1 aliphatic carbocycles. The van der Waals surface area contributed by atoms with Gasteiger partial charge in [0.15, 0.2) is 0 Å². The predicted molar refractivity (Wildman–Crippen MR) is 44.7 cm³/mol. The molecule has 0 aromatic rings. The second kappa shape index (κ2) is 3.05. The molecule has 3 heteroatoms. The molecule has 68 valence electrons. The first-order chi connectivity index (χ1) is 5.81. The molecule has 3 rings (SSSR count). The Bertz CT molecular complexity index is 184. The minimum Gasteiger partial charge on any atom is -0.466 e. The molecule has 0 aromatic carbocycles. The molecule has 0 spiro atoms. The summed E-state index contributed by atoms with van der Waals surface area (Å²) in [5.74, 6) is 0.128. The lowest BCUT2D eigenvalue weighted by Crippen LogP contribution is -2.61. The summed E-state index contributed by atoms with van der Waals surface area (Å²) in [6, 6.07) is 1.11. The summed E-state index contributed by atoms with van der Waals surface area (Å²) < 4.78 is 5.00. The van der Waals surface area contributed by atoms with Gasteiger partial charge in [0, 0.05) is 12.1 Å². The molecule has 0 unspecified atom stereocenters. The predicted octanol–water partition coefficient (Wildman–Crippen LogP) is 0.690. The summed E-state index contributed by atoms with van der Waals surface area (Å²) in [5, 5.41) is 3.37. The Balaban J connectivity index is 1.89. The van der Waals surface area contributed by atoms with Crippen LogP contribution >= 0.6 is 0 Å². The van der Waals surface area contributed by atoms with Crippen LogP contribution in [0.15, 0.2) is 0 Å². The third kappa shape index (κ3) is 1.22. The first-order valence-electron chi connectivity index (χ1n) is 4.74. The van der Waals surface area contributed by atoms with E-state index in [0.717, 1.165) is 12.8 Å². The lowest BCUT2D eigenvalue weighted by molar-refractivity contribution is -0.152. The van der Waals surface area contributed by atoms with E-state index in [1.54, 1.807) is 0 Å². The van der Waals surface area contributed by atoms with Crippen LogP contribution in [0.4, 0.5) is 0 Å². The molecule has 3 fully saturated rings. The first-order valence-corrected chi connectivity index (χ1v) is 4.74. The smallest absolute Gasteiger partial charge is 0.310 e. The maximum absolute atomic E-state index is 11.4. The summed E-state index contributed by atoms with van der Waals surface area (Å²) in [6.07, 6.45) is 3.32. The molecule has 2 saturated heterocycles. The maximum Gasteiger partial charge on any atom is 0.310 e. The Morgan fingerprint density at radius 3 is 2.83 bits per heavy atom. The number of fused-ring (bicyclic) bond motifs is 2. The number of hydrogen-bond donors (Lipinski definition) is 1. The fraction of sp³-hybridized carbons (Fsp3) is 0.889. The second-order valence-corrected chi connectivity index (χ2v) is 3.64. The van der Waals surface area contributed by atoms with Gasteiger partial charge in [-0.3, -0.25) is 4.79 Å². The van der Waals surface area contributed by atoms with E-state index in [1.807, 2.05) is 6.92 Å². The topological polar surface area (TPSA) is 38.3 Å². The molecule has 0 amide bonds.